The minimum absolute atomic E-state index is 0.0954. The highest BCUT2D eigenvalue weighted by molar-refractivity contribution is 9.10. The number of rotatable bonds is 3. The average molecular weight is 326 g/mol. The topological polar surface area (TPSA) is 46.9 Å². The number of carbonyl (C=O) groups is 1. The molecule has 0 atom stereocenters. The van der Waals surface area contributed by atoms with Gasteiger partial charge < -0.3 is 4.57 Å². The zero-order valence-electron chi connectivity index (χ0n) is 9.81. The fourth-order valence-electron chi connectivity index (χ4n) is 1.85. The molecule has 18 heavy (non-hydrogen) atoms. The SMILES string of the molecule is Cc1csc(NC(=O)c2cc(Br)cn2C2CC2)n1. The first-order valence-electron chi connectivity index (χ1n) is 5.74. The van der Waals surface area contributed by atoms with E-state index in [9.17, 15) is 4.79 Å². The Morgan fingerprint density at radius 1 is 1.61 bits per heavy atom. The Labute approximate surface area is 117 Å². The Hall–Kier alpha value is -1.14. The van der Waals surface area contributed by atoms with E-state index in [-0.39, 0.29) is 5.91 Å². The van der Waals surface area contributed by atoms with E-state index in [1.165, 1.54) is 11.3 Å². The highest BCUT2D eigenvalue weighted by Gasteiger charge is 2.27. The van der Waals surface area contributed by atoms with Crippen LogP contribution < -0.4 is 5.32 Å². The van der Waals surface area contributed by atoms with Crippen molar-refractivity contribution in [3.8, 4) is 0 Å². The summed E-state index contributed by atoms with van der Waals surface area (Å²) < 4.78 is 2.98. The number of aromatic nitrogens is 2. The van der Waals surface area contributed by atoms with Crippen molar-refractivity contribution in [2.45, 2.75) is 25.8 Å². The van der Waals surface area contributed by atoms with Gasteiger partial charge in [0.15, 0.2) is 5.13 Å². The summed E-state index contributed by atoms with van der Waals surface area (Å²) in [4.78, 5) is 16.4. The van der Waals surface area contributed by atoms with Gasteiger partial charge in [-0.2, -0.15) is 0 Å². The minimum atomic E-state index is -0.0954. The van der Waals surface area contributed by atoms with Crippen molar-refractivity contribution in [3.05, 3.63) is 33.5 Å². The van der Waals surface area contributed by atoms with Crippen LogP contribution in [0.5, 0.6) is 0 Å². The molecule has 1 aliphatic rings. The Morgan fingerprint density at radius 3 is 3.00 bits per heavy atom. The molecule has 0 radical (unpaired) electrons. The van der Waals surface area contributed by atoms with E-state index in [4.69, 9.17) is 0 Å². The molecule has 1 N–H and O–H groups in total. The summed E-state index contributed by atoms with van der Waals surface area (Å²) >= 11 is 4.87. The van der Waals surface area contributed by atoms with Gasteiger partial charge in [0.25, 0.3) is 5.91 Å². The fraction of sp³-hybridized carbons (Fsp3) is 0.333. The number of nitrogens with one attached hydrogen (secondary N) is 1. The van der Waals surface area contributed by atoms with Crippen LogP contribution in [0.3, 0.4) is 0 Å². The quantitative estimate of drug-likeness (QED) is 0.937. The molecule has 6 heteroatoms. The van der Waals surface area contributed by atoms with Gasteiger partial charge in [-0.05, 0) is 41.8 Å². The largest absolute Gasteiger partial charge is 0.339 e. The van der Waals surface area contributed by atoms with Crippen LogP contribution in [-0.4, -0.2) is 15.5 Å². The minimum Gasteiger partial charge on any atom is -0.339 e. The molecule has 94 valence electrons. The summed E-state index contributed by atoms with van der Waals surface area (Å²) in [5.74, 6) is -0.0954. The van der Waals surface area contributed by atoms with Crippen molar-refractivity contribution in [2.24, 2.45) is 0 Å². The van der Waals surface area contributed by atoms with Gasteiger partial charge in [0.2, 0.25) is 0 Å². The molecule has 1 aliphatic carbocycles. The van der Waals surface area contributed by atoms with Gasteiger partial charge in [0, 0.05) is 22.1 Å². The molecule has 2 aromatic rings. The second-order valence-corrected chi connectivity index (χ2v) is 6.20. The summed E-state index contributed by atoms with van der Waals surface area (Å²) in [6, 6.07) is 2.34. The summed E-state index contributed by atoms with van der Waals surface area (Å²) in [6.07, 6.45) is 4.27. The third kappa shape index (κ3) is 2.35. The van der Waals surface area contributed by atoms with Crippen molar-refractivity contribution in [1.82, 2.24) is 9.55 Å². The predicted octanol–water partition coefficient (Wildman–Crippen LogP) is 3.60. The van der Waals surface area contributed by atoms with E-state index in [1.54, 1.807) is 0 Å². The number of thiazole rings is 1. The number of amides is 1. The molecule has 1 amide bonds. The van der Waals surface area contributed by atoms with Crippen molar-refractivity contribution in [3.63, 3.8) is 0 Å². The molecule has 1 saturated carbocycles. The average Bonchev–Trinajstić information content (AvgIpc) is 2.98. The molecule has 3 rings (SSSR count). The van der Waals surface area contributed by atoms with E-state index in [0.29, 0.717) is 16.9 Å². The first-order valence-corrected chi connectivity index (χ1v) is 7.41. The monoisotopic (exact) mass is 325 g/mol. The highest BCUT2D eigenvalue weighted by atomic mass is 79.9. The maximum absolute atomic E-state index is 12.2. The molecule has 0 saturated heterocycles. The van der Waals surface area contributed by atoms with Crippen LogP contribution in [0.2, 0.25) is 0 Å². The standard InChI is InChI=1S/C12H12BrN3OS/c1-7-6-18-12(14-7)15-11(17)10-4-8(13)5-16(10)9-2-3-9/h4-6,9H,2-3H2,1H3,(H,14,15,17). The normalized spacial score (nSPS) is 14.8. The molecular formula is C12H12BrN3OS. The number of anilines is 1. The van der Waals surface area contributed by atoms with Gasteiger partial charge in [-0.3, -0.25) is 10.1 Å². The lowest BCUT2D eigenvalue weighted by Gasteiger charge is -2.06. The zero-order chi connectivity index (χ0) is 12.7. The molecule has 0 aliphatic heterocycles. The Kier molecular flexibility index (Phi) is 2.99. The number of halogens is 1. The number of aryl methyl sites for hydroxylation is 1. The van der Waals surface area contributed by atoms with Gasteiger partial charge in [0.1, 0.15) is 5.69 Å². The van der Waals surface area contributed by atoms with Crippen LogP contribution in [0.15, 0.2) is 22.1 Å². The smallest absolute Gasteiger partial charge is 0.274 e. The first-order chi connectivity index (χ1) is 8.63. The molecule has 1 fully saturated rings. The van der Waals surface area contributed by atoms with Crippen molar-refractivity contribution >= 4 is 38.3 Å². The summed E-state index contributed by atoms with van der Waals surface area (Å²) in [7, 11) is 0. The highest BCUT2D eigenvalue weighted by Crippen LogP contribution is 2.37. The van der Waals surface area contributed by atoms with E-state index in [2.05, 4.69) is 26.2 Å². The van der Waals surface area contributed by atoms with Gasteiger partial charge in [0.05, 0.1) is 5.69 Å². The number of hydrogen-bond donors (Lipinski definition) is 1. The van der Waals surface area contributed by atoms with Crippen LogP contribution in [0.1, 0.15) is 35.1 Å². The van der Waals surface area contributed by atoms with E-state index in [1.807, 2.05) is 29.1 Å². The Morgan fingerprint density at radius 2 is 2.39 bits per heavy atom. The molecule has 2 heterocycles. The third-order valence-corrected chi connectivity index (χ3v) is 4.14. The first kappa shape index (κ1) is 11.9. The van der Waals surface area contributed by atoms with Gasteiger partial charge in [-0.15, -0.1) is 11.3 Å². The summed E-state index contributed by atoms with van der Waals surface area (Å²) in [6.45, 7) is 1.91. The van der Waals surface area contributed by atoms with Crippen molar-refractivity contribution in [2.75, 3.05) is 5.32 Å². The second kappa shape index (κ2) is 4.51. The van der Waals surface area contributed by atoms with E-state index >= 15 is 0 Å². The summed E-state index contributed by atoms with van der Waals surface area (Å²) in [5, 5.41) is 5.41. The lowest BCUT2D eigenvalue weighted by molar-refractivity contribution is 0.101. The van der Waals surface area contributed by atoms with Crippen LogP contribution >= 0.6 is 27.3 Å². The maximum Gasteiger partial charge on any atom is 0.274 e. The van der Waals surface area contributed by atoms with Crippen LogP contribution in [0.4, 0.5) is 5.13 Å². The summed E-state index contributed by atoms with van der Waals surface area (Å²) in [5.41, 5.74) is 1.62. The van der Waals surface area contributed by atoms with Gasteiger partial charge in [-0.25, -0.2) is 4.98 Å². The van der Waals surface area contributed by atoms with Crippen LogP contribution in [0, 0.1) is 6.92 Å². The molecule has 4 nitrogen and oxygen atoms in total. The zero-order valence-corrected chi connectivity index (χ0v) is 12.2. The molecule has 0 spiro atoms. The van der Waals surface area contributed by atoms with E-state index in [0.717, 1.165) is 23.0 Å². The number of nitrogens with zero attached hydrogens (tertiary/aromatic N) is 2. The second-order valence-electron chi connectivity index (χ2n) is 4.43. The predicted molar refractivity (Wildman–Crippen MR) is 75.2 cm³/mol. The molecule has 2 aromatic heterocycles. The molecule has 0 aromatic carbocycles. The maximum atomic E-state index is 12.2. The number of hydrogen-bond acceptors (Lipinski definition) is 3. The molecular weight excluding hydrogens is 314 g/mol. The fourth-order valence-corrected chi connectivity index (χ4v) is 2.98. The van der Waals surface area contributed by atoms with E-state index < -0.39 is 0 Å². The lowest BCUT2D eigenvalue weighted by Crippen LogP contribution is -2.16. The van der Waals surface area contributed by atoms with Crippen molar-refractivity contribution < 1.29 is 4.79 Å². The molecule has 0 unspecified atom stereocenters. The lowest BCUT2D eigenvalue weighted by atomic mass is 10.4. The Bertz CT molecular complexity index is 600. The van der Waals surface area contributed by atoms with Gasteiger partial charge in [-0.1, -0.05) is 0 Å². The third-order valence-electron chi connectivity index (χ3n) is 2.83. The Balaban J connectivity index is 1.83. The van der Waals surface area contributed by atoms with Gasteiger partial charge >= 0.3 is 0 Å². The number of carbonyl (C=O) groups excluding carboxylic acids is 1. The van der Waals surface area contributed by atoms with Crippen LogP contribution in [0.25, 0.3) is 0 Å². The van der Waals surface area contributed by atoms with Crippen LogP contribution in [-0.2, 0) is 0 Å². The molecule has 0 bridgehead atoms. The van der Waals surface area contributed by atoms with Crippen molar-refractivity contribution in [1.29, 1.82) is 0 Å².